The van der Waals surface area contributed by atoms with Gasteiger partial charge in [0.2, 0.25) is 0 Å². The molecule has 3 heteroatoms. The highest BCUT2D eigenvalue weighted by Gasteiger charge is 1.98. The lowest BCUT2D eigenvalue weighted by Crippen LogP contribution is -2.26. The van der Waals surface area contributed by atoms with Gasteiger partial charge < -0.3 is 16.2 Å². The zero-order valence-electron chi connectivity index (χ0n) is 5.97. The lowest BCUT2D eigenvalue weighted by Gasteiger charge is -2.07. The highest BCUT2D eigenvalue weighted by molar-refractivity contribution is 4.58. The predicted octanol–water partition coefficient (Wildman–Crippen LogP) is -0.301. The molecule has 0 spiro atoms. The van der Waals surface area contributed by atoms with Crippen LogP contribution in [0.15, 0.2) is 0 Å². The van der Waals surface area contributed by atoms with Crippen LogP contribution in [0, 0.1) is 0 Å². The van der Waals surface area contributed by atoms with Crippen molar-refractivity contribution in [3.8, 4) is 0 Å². The first-order valence-electron chi connectivity index (χ1n) is 3.26. The number of hydrogen-bond acceptors (Lipinski definition) is 3. The number of hydrogen-bond donors (Lipinski definition) is 2. The average Bonchev–Trinajstić information content (AvgIpc) is 1.85. The second kappa shape index (κ2) is 6.01. The van der Waals surface area contributed by atoms with E-state index in [0.29, 0.717) is 6.61 Å². The summed E-state index contributed by atoms with van der Waals surface area (Å²) in [5.41, 5.74) is 10.9. The number of rotatable bonds is 5. The van der Waals surface area contributed by atoms with E-state index in [-0.39, 0.29) is 6.04 Å². The number of methoxy groups -OCH3 is 1. The topological polar surface area (TPSA) is 61.3 Å². The van der Waals surface area contributed by atoms with E-state index in [1.165, 1.54) is 0 Å². The summed E-state index contributed by atoms with van der Waals surface area (Å²) in [6.07, 6.45) is 1.95. The van der Waals surface area contributed by atoms with Gasteiger partial charge in [0.25, 0.3) is 0 Å². The quantitative estimate of drug-likeness (QED) is 0.540. The molecule has 0 aliphatic rings. The molecular weight excluding hydrogens is 116 g/mol. The van der Waals surface area contributed by atoms with E-state index < -0.39 is 0 Å². The second-order valence-electron chi connectivity index (χ2n) is 2.15. The van der Waals surface area contributed by atoms with Gasteiger partial charge in [-0.25, -0.2) is 0 Å². The Hall–Kier alpha value is -0.120. The first-order chi connectivity index (χ1) is 4.31. The monoisotopic (exact) mass is 132 g/mol. The largest absolute Gasteiger partial charge is 0.383 e. The molecule has 0 amide bonds. The molecule has 0 bridgehead atoms. The molecule has 0 saturated heterocycles. The van der Waals surface area contributed by atoms with E-state index in [2.05, 4.69) is 0 Å². The Balaban J connectivity index is 2.95. The van der Waals surface area contributed by atoms with Crippen molar-refractivity contribution in [2.75, 3.05) is 20.3 Å². The van der Waals surface area contributed by atoms with Crippen LogP contribution in [-0.4, -0.2) is 26.3 Å². The third-order valence-electron chi connectivity index (χ3n) is 1.16. The minimum atomic E-state index is 0.165. The molecule has 0 rings (SSSR count). The molecule has 0 aliphatic carbocycles. The van der Waals surface area contributed by atoms with E-state index in [1.54, 1.807) is 7.11 Å². The molecule has 1 atom stereocenters. The van der Waals surface area contributed by atoms with E-state index in [9.17, 15) is 0 Å². The summed E-state index contributed by atoms with van der Waals surface area (Å²) in [5.74, 6) is 0. The SMILES string of the molecule is COCC(N)CCCN. The molecule has 0 aromatic rings. The van der Waals surface area contributed by atoms with Gasteiger partial charge in [-0.2, -0.15) is 0 Å². The fourth-order valence-electron chi connectivity index (χ4n) is 0.677. The van der Waals surface area contributed by atoms with Crippen LogP contribution in [0.3, 0.4) is 0 Å². The van der Waals surface area contributed by atoms with E-state index in [1.807, 2.05) is 0 Å². The molecular formula is C6H16N2O. The van der Waals surface area contributed by atoms with Gasteiger partial charge in [0.15, 0.2) is 0 Å². The smallest absolute Gasteiger partial charge is 0.0613 e. The molecule has 0 saturated carbocycles. The fourth-order valence-corrected chi connectivity index (χ4v) is 0.677. The first kappa shape index (κ1) is 8.88. The second-order valence-corrected chi connectivity index (χ2v) is 2.15. The Morgan fingerprint density at radius 1 is 1.56 bits per heavy atom. The van der Waals surface area contributed by atoms with Crippen molar-refractivity contribution in [1.29, 1.82) is 0 Å². The van der Waals surface area contributed by atoms with Crippen LogP contribution in [0.4, 0.5) is 0 Å². The average molecular weight is 132 g/mol. The molecule has 1 unspecified atom stereocenters. The van der Waals surface area contributed by atoms with Gasteiger partial charge in [0.05, 0.1) is 6.61 Å². The Bertz CT molecular complexity index is 59.0. The molecule has 0 aromatic carbocycles. The summed E-state index contributed by atoms with van der Waals surface area (Å²) in [6, 6.07) is 0.165. The van der Waals surface area contributed by atoms with Gasteiger partial charge in [0.1, 0.15) is 0 Å². The summed E-state index contributed by atoms with van der Waals surface area (Å²) in [5, 5.41) is 0. The molecule has 0 fully saturated rings. The normalized spacial score (nSPS) is 13.7. The van der Waals surface area contributed by atoms with Crippen molar-refractivity contribution in [3.63, 3.8) is 0 Å². The van der Waals surface area contributed by atoms with E-state index >= 15 is 0 Å². The van der Waals surface area contributed by atoms with Crippen LogP contribution in [0.2, 0.25) is 0 Å². The van der Waals surface area contributed by atoms with Crippen molar-refractivity contribution in [2.24, 2.45) is 11.5 Å². The van der Waals surface area contributed by atoms with Crippen LogP contribution in [-0.2, 0) is 4.74 Å². The molecule has 0 radical (unpaired) electrons. The first-order valence-corrected chi connectivity index (χ1v) is 3.26. The summed E-state index contributed by atoms with van der Waals surface area (Å²) in [6.45, 7) is 1.36. The Morgan fingerprint density at radius 2 is 2.22 bits per heavy atom. The van der Waals surface area contributed by atoms with Gasteiger partial charge in [-0.05, 0) is 19.4 Å². The lowest BCUT2D eigenvalue weighted by atomic mass is 10.2. The van der Waals surface area contributed by atoms with E-state index in [4.69, 9.17) is 16.2 Å². The van der Waals surface area contributed by atoms with Gasteiger partial charge in [-0.3, -0.25) is 0 Å². The van der Waals surface area contributed by atoms with Gasteiger partial charge in [-0.1, -0.05) is 0 Å². The summed E-state index contributed by atoms with van der Waals surface area (Å²) in [7, 11) is 1.66. The molecule has 0 aromatic heterocycles. The highest BCUT2D eigenvalue weighted by Crippen LogP contribution is 1.91. The van der Waals surface area contributed by atoms with Crippen molar-refractivity contribution in [2.45, 2.75) is 18.9 Å². The maximum atomic E-state index is 5.59. The Morgan fingerprint density at radius 3 is 2.67 bits per heavy atom. The third-order valence-corrected chi connectivity index (χ3v) is 1.16. The summed E-state index contributed by atoms with van der Waals surface area (Å²) < 4.78 is 4.83. The van der Waals surface area contributed by atoms with Crippen LogP contribution < -0.4 is 11.5 Å². The van der Waals surface area contributed by atoms with Crippen LogP contribution in [0.1, 0.15) is 12.8 Å². The van der Waals surface area contributed by atoms with Gasteiger partial charge in [-0.15, -0.1) is 0 Å². The van der Waals surface area contributed by atoms with Crippen molar-refractivity contribution < 1.29 is 4.74 Å². The molecule has 0 heterocycles. The number of nitrogens with two attached hydrogens (primary N) is 2. The van der Waals surface area contributed by atoms with Gasteiger partial charge >= 0.3 is 0 Å². The van der Waals surface area contributed by atoms with Gasteiger partial charge in [0, 0.05) is 13.2 Å². The Labute approximate surface area is 56.4 Å². The Kier molecular flexibility index (Phi) is 5.93. The van der Waals surface area contributed by atoms with Crippen molar-refractivity contribution in [3.05, 3.63) is 0 Å². The molecule has 4 N–H and O–H groups in total. The fraction of sp³-hybridized carbons (Fsp3) is 1.00. The minimum absolute atomic E-state index is 0.165. The summed E-state index contributed by atoms with van der Waals surface area (Å²) in [4.78, 5) is 0. The maximum Gasteiger partial charge on any atom is 0.0613 e. The van der Waals surface area contributed by atoms with E-state index in [0.717, 1.165) is 19.4 Å². The minimum Gasteiger partial charge on any atom is -0.383 e. The molecule has 56 valence electrons. The zero-order chi connectivity index (χ0) is 7.11. The van der Waals surface area contributed by atoms with Crippen molar-refractivity contribution >= 4 is 0 Å². The van der Waals surface area contributed by atoms with Crippen LogP contribution in [0.25, 0.3) is 0 Å². The standard InChI is InChI=1S/C6H16N2O/c1-9-5-6(8)3-2-4-7/h6H,2-5,7-8H2,1H3. The molecule has 3 nitrogen and oxygen atoms in total. The van der Waals surface area contributed by atoms with Crippen LogP contribution >= 0.6 is 0 Å². The number of ether oxygens (including phenoxy) is 1. The molecule has 9 heavy (non-hydrogen) atoms. The van der Waals surface area contributed by atoms with Crippen LogP contribution in [0.5, 0.6) is 0 Å². The highest BCUT2D eigenvalue weighted by atomic mass is 16.5. The zero-order valence-corrected chi connectivity index (χ0v) is 5.97. The third kappa shape index (κ3) is 5.76. The predicted molar refractivity (Wildman–Crippen MR) is 38.1 cm³/mol. The summed E-state index contributed by atoms with van der Waals surface area (Å²) >= 11 is 0. The van der Waals surface area contributed by atoms with Crippen molar-refractivity contribution in [1.82, 2.24) is 0 Å². The maximum absolute atomic E-state index is 5.59. The lowest BCUT2D eigenvalue weighted by molar-refractivity contribution is 0.176. The molecule has 0 aliphatic heterocycles.